The van der Waals surface area contributed by atoms with Crippen LogP contribution in [0.2, 0.25) is 0 Å². The second kappa shape index (κ2) is 11.6. The van der Waals surface area contributed by atoms with E-state index in [-0.39, 0.29) is 12.5 Å². The first-order chi connectivity index (χ1) is 16.1. The number of β-amino-alcohol motifs (C(OH)–C–C–N with tert-alkyl or cyclic N) is 1. The van der Waals surface area contributed by atoms with Crippen LogP contribution in [-0.4, -0.2) is 96.8 Å². The fraction of sp³-hybridized carbons (Fsp3) is 0.692. The third-order valence-corrected chi connectivity index (χ3v) is 7.04. The number of likely N-dealkylation sites (tertiary alicyclic amines) is 1. The number of halogens is 1. The number of carbonyl (C=O) groups is 1. The van der Waals surface area contributed by atoms with Gasteiger partial charge in [-0.05, 0) is 39.7 Å². The molecule has 0 aromatic rings. The molecule has 1 aliphatic carbocycles. The van der Waals surface area contributed by atoms with E-state index >= 15 is 4.39 Å². The van der Waals surface area contributed by atoms with Crippen LogP contribution in [0.25, 0.3) is 0 Å². The number of rotatable bonds is 8. The van der Waals surface area contributed by atoms with Crippen LogP contribution in [0.1, 0.15) is 46.5 Å². The van der Waals surface area contributed by atoms with E-state index in [1.165, 1.54) is 0 Å². The molecular weight excluding hydrogens is 435 g/mol. The van der Waals surface area contributed by atoms with Crippen molar-refractivity contribution in [1.29, 1.82) is 0 Å². The van der Waals surface area contributed by atoms with Crippen LogP contribution in [0.4, 0.5) is 4.39 Å². The van der Waals surface area contributed by atoms with Crippen LogP contribution in [-0.2, 0) is 9.53 Å². The van der Waals surface area contributed by atoms with Crippen molar-refractivity contribution in [2.24, 2.45) is 4.99 Å². The Morgan fingerprint density at radius 1 is 1.32 bits per heavy atom. The van der Waals surface area contributed by atoms with Crippen molar-refractivity contribution in [3.05, 3.63) is 35.6 Å². The number of piperidine rings is 1. The van der Waals surface area contributed by atoms with Gasteiger partial charge < -0.3 is 25.0 Å². The zero-order valence-corrected chi connectivity index (χ0v) is 21.1. The zero-order chi connectivity index (χ0) is 24.8. The first-order valence-electron chi connectivity index (χ1n) is 12.5. The van der Waals surface area contributed by atoms with Gasteiger partial charge in [-0.1, -0.05) is 12.2 Å². The molecule has 2 fully saturated rings. The zero-order valence-electron chi connectivity index (χ0n) is 21.1. The molecule has 2 N–H and O–H groups in total. The Kier molecular flexibility index (Phi) is 9.07. The Morgan fingerprint density at radius 2 is 2.00 bits per heavy atom. The second-order valence-electron chi connectivity index (χ2n) is 10.1. The van der Waals surface area contributed by atoms with Crippen molar-refractivity contribution in [3.63, 3.8) is 0 Å². The maximum atomic E-state index is 15.5. The molecule has 0 aromatic carbocycles. The Balaban J connectivity index is 1.56. The standard InChI is InChI=1S/C26H41FN4O3/c1-5-28-23-21(17-30(4)20(2)3)7-6-8-22(23)24(32)29-18-25(27)9-13-31(14-10-25)19-26(33)11-15-34-16-12-26/h6-8,17,20,33H,5,9-16,18-19H2,1-4H3,(H,29,32). The van der Waals surface area contributed by atoms with Crippen LogP contribution >= 0.6 is 0 Å². The normalized spacial score (nSPS) is 25.0. The van der Waals surface area contributed by atoms with Crippen molar-refractivity contribution in [1.82, 2.24) is 15.1 Å². The van der Waals surface area contributed by atoms with E-state index in [0.29, 0.717) is 82.4 Å². The Morgan fingerprint density at radius 3 is 2.62 bits per heavy atom. The van der Waals surface area contributed by atoms with Crippen LogP contribution in [0.15, 0.2) is 40.6 Å². The molecule has 0 spiro atoms. The fourth-order valence-electron chi connectivity index (χ4n) is 4.50. The Labute approximate surface area is 203 Å². The van der Waals surface area contributed by atoms with Gasteiger partial charge in [0.2, 0.25) is 0 Å². The number of nitrogens with zero attached hydrogens (tertiary/aromatic N) is 3. The SMILES string of the molecule is CCN=C1C(=CN(C)C(C)C)C=CC=C1C(=O)NCC1(F)CCN(CC2(O)CCOCC2)CC1. The van der Waals surface area contributed by atoms with Gasteiger partial charge in [0, 0.05) is 77.1 Å². The molecule has 0 saturated carbocycles. The summed E-state index contributed by atoms with van der Waals surface area (Å²) in [5.74, 6) is -0.300. The van der Waals surface area contributed by atoms with Gasteiger partial charge in [-0.2, -0.15) is 0 Å². The molecule has 0 atom stereocenters. The molecule has 0 unspecified atom stereocenters. The highest BCUT2D eigenvalue weighted by molar-refractivity contribution is 6.29. The van der Waals surface area contributed by atoms with E-state index in [0.717, 1.165) is 5.57 Å². The summed E-state index contributed by atoms with van der Waals surface area (Å²) in [6, 6.07) is 0.316. The van der Waals surface area contributed by atoms with E-state index in [2.05, 4.69) is 34.0 Å². The number of aliphatic hydroxyl groups is 1. The molecule has 8 heteroatoms. The largest absolute Gasteiger partial charge is 0.388 e. The summed E-state index contributed by atoms with van der Waals surface area (Å²) in [5.41, 5.74) is -0.208. The predicted octanol–water partition coefficient (Wildman–Crippen LogP) is 2.63. The summed E-state index contributed by atoms with van der Waals surface area (Å²) in [4.78, 5) is 21.8. The van der Waals surface area contributed by atoms with Crippen LogP contribution in [0, 0.1) is 0 Å². The molecule has 2 heterocycles. The predicted molar refractivity (Wildman–Crippen MR) is 134 cm³/mol. The molecule has 34 heavy (non-hydrogen) atoms. The molecule has 2 saturated heterocycles. The highest BCUT2D eigenvalue weighted by Gasteiger charge is 2.39. The second-order valence-corrected chi connectivity index (χ2v) is 10.1. The van der Waals surface area contributed by atoms with Gasteiger partial charge in [-0.15, -0.1) is 0 Å². The van der Waals surface area contributed by atoms with Crippen molar-refractivity contribution in [3.8, 4) is 0 Å². The van der Waals surface area contributed by atoms with E-state index in [9.17, 15) is 9.90 Å². The van der Waals surface area contributed by atoms with Crippen molar-refractivity contribution in [2.75, 3.05) is 53.0 Å². The number of alkyl halides is 1. The number of amides is 1. The minimum absolute atomic E-state index is 0.0246. The first-order valence-corrected chi connectivity index (χ1v) is 12.5. The Bertz CT molecular complexity index is 835. The quantitative estimate of drug-likeness (QED) is 0.563. The number of carbonyl (C=O) groups excluding carboxylic acids is 1. The molecule has 3 aliphatic rings. The summed E-state index contributed by atoms with van der Waals surface area (Å²) in [7, 11) is 1.99. The molecule has 0 bridgehead atoms. The van der Waals surface area contributed by atoms with E-state index in [1.54, 1.807) is 6.08 Å². The highest BCUT2D eigenvalue weighted by atomic mass is 19.1. The summed E-state index contributed by atoms with van der Waals surface area (Å²) in [6.07, 6.45) is 9.44. The lowest BCUT2D eigenvalue weighted by Gasteiger charge is -2.41. The van der Waals surface area contributed by atoms with Gasteiger partial charge >= 0.3 is 0 Å². The average Bonchev–Trinajstić information content (AvgIpc) is 2.81. The molecule has 3 rings (SSSR count). The fourth-order valence-corrected chi connectivity index (χ4v) is 4.50. The van der Waals surface area contributed by atoms with E-state index in [1.807, 2.05) is 32.3 Å². The first kappa shape index (κ1) is 26.6. The minimum Gasteiger partial charge on any atom is -0.388 e. The van der Waals surface area contributed by atoms with Gasteiger partial charge in [0.15, 0.2) is 0 Å². The summed E-state index contributed by atoms with van der Waals surface area (Å²) >= 11 is 0. The average molecular weight is 477 g/mol. The third kappa shape index (κ3) is 6.99. The highest BCUT2D eigenvalue weighted by Crippen LogP contribution is 2.29. The number of hydrogen-bond acceptors (Lipinski definition) is 6. The van der Waals surface area contributed by atoms with Gasteiger partial charge in [0.25, 0.3) is 5.91 Å². The monoisotopic (exact) mass is 476 g/mol. The molecular formula is C26H41FN4O3. The van der Waals surface area contributed by atoms with Crippen molar-refractivity contribution >= 4 is 11.6 Å². The maximum Gasteiger partial charge on any atom is 0.253 e. The maximum absolute atomic E-state index is 15.5. The smallest absolute Gasteiger partial charge is 0.253 e. The molecule has 0 radical (unpaired) electrons. The Hall–Kier alpha value is -2.03. The lowest BCUT2D eigenvalue weighted by molar-refractivity contribution is -0.118. The summed E-state index contributed by atoms with van der Waals surface area (Å²) < 4.78 is 20.9. The molecule has 2 aliphatic heterocycles. The third-order valence-electron chi connectivity index (χ3n) is 7.04. The van der Waals surface area contributed by atoms with Crippen LogP contribution in [0.5, 0.6) is 0 Å². The topological polar surface area (TPSA) is 77.4 Å². The summed E-state index contributed by atoms with van der Waals surface area (Å²) in [6.45, 7) is 9.49. The lowest BCUT2D eigenvalue weighted by Crippen LogP contribution is -2.53. The number of aliphatic imine (C=N–C) groups is 1. The van der Waals surface area contributed by atoms with E-state index in [4.69, 9.17) is 4.74 Å². The number of hydrogen-bond donors (Lipinski definition) is 2. The lowest BCUT2D eigenvalue weighted by atomic mass is 9.89. The number of nitrogens with one attached hydrogen (secondary N) is 1. The number of ether oxygens (including phenoxy) is 1. The van der Waals surface area contributed by atoms with Crippen LogP contribution < -0.4 is 5.32 Å². The van der Waals surface area contributed by atoms with Crippen molar-refractivity contribution < 1.29 is 19.0 Å². The molecule has 1 amide bonds. The molecule has 190 valence electrons. The van der Waals surface area contributed by atoms with Crippen LogP contribution in [0.3, 0.4) is 0 Å². The van der Waals surface area contributed by atoms with Gasteiger partial charge in [-0.3, -0.25) is 9.79 Å². The van der Waals surface area contributed by atoms with E-state index < -0.39 is 11.3 Å². The molecule has 7 nitrogen and oxygen atoms in total. The number of allylic oxidation sites excluding steroid dienone is 4. The minimum atomic E-state index is -1.45. The van der Waals surface area contributed by atoms with Crippen molar-refractivity contribution in [2.45, 2.75) is 63.8 Å². The van der Waals surface area contributed by atoms with Gasteiger partial charge in [0.05, 0.1) is 23.4 Å². The van der Waals surface area contributed by atoms with Gasteiger partial charge in [0.1, 0.15) is 5.67 Å². The molecule has 0 aromatic heterocycles. The van der Waals surface area contributed by atoms with Gasteiger partial charge in [-0.25, -0.2) is 4.39 Å². The summed E-state index contributed by atoms with van der Waals surface area (Å²) in [5, 5.41) is 13.6.